The number of piperidine rings is 1. The summed E-state index contributed by atoms with van der Waals surface area (Å²) in [4.78, 5) is 2.76. The quantitative estimate of drug-likeness (QED) is 0.781. The van der Waals surface area contributed by atoms with Gasteiger partial charge in [-0.2, -0.15) is 0 Å². The van der Waals surface area contributed by atoms with E-state index in [1.165, 1.54) is 70.9 Å². The van der Waals surface area contributed by atoms with Crippen molar-refractivity contribution < 1.29 is 5.11 Å². The van der Waals surface area contributed by atoms with Gasteiger partial charge in [-0.15, -0.1) is 0 Å². The van der Waals surface area contributed by atoms with E-state index in [2.05, 4.69) is 10.2 Å². The molecule has 0 aromatic rings. The van der Waals surface area contributed by atoms with Gasteiger partial charge in [-0.1, -0.05) is 6.42 Å². The normalized spacial score (nSPS) is 44.5. The zero-order chi connectivity index (χ0) is 13.6. The maximum atomic E-state index is 9.98. The van der Waals surface area contributed by atoms with Crippen LogP contribution in [-0.2, 0) is 0 Å². The molecule has 4 fully saturated rings. The highest BCUT2D eigenvalue weighted by molar-refractivity contribution is 5.03. The molecule has 0 amide bonds. The van der Waals surface area contributed by atoms with E-state index in [9.17, 15) is 5.11 Å². The minimum absolute atomic E-state index is 0.0694. The first-order valence-electron chi connectivity index (χ1n) is 8.92. The molecule has 0 spiro atoms. The summed E-state index contributed by atoms with van der Waals surface area (Å²) in [6.45, 7) is 2.99. The van der Waals surface area contributed by atoms with Crippen LogP contribution < -0.4 is 5.32 Å². The summed E-state index contributed by atoms with van der Waals surface area (Å²) in [5.41, 5.74) is 0.0694. The Morgan fingerprint density at radius 2 is 2.05 bits per heavy atom. The van der Waals surface area contributed by atoms with Crippen molar-refractivity contribution in [3.63, 3.8) is 0 Å². The van der Waals surface area contributed by atoms with Crippen LogP contribution in [0.2, 0.25) is 0 Å². The molecule has 1 saturated heterocycles. The van der Waals surface area contributed by atoms with Crippen LogP contribution in [0.5, 0.6) is 0 Å². The third-order valence-electron chi connectivity index (χ3n) is 6.60. The summed E-state index contributed by atoms with van der Waals surface area (Å²) in [7, 11) is 0. The number of aliphatic hydroxyl groups is 1. The first-order chi connectivity index (χ1) is 9.79. The average molecular weight is 278 g/mol. The van der Waals surface area contributed by atoms with Crippen molar-refractivity contribution in [2.45, 2.75) is 75.4 Å². The minimum Gasteiger partial charge on any atom is -0.394 e. The lowest BCUT2D eigenvalue weighted by atomic mass is 9.84. The topological polar surface area (TPSA) is 35.5 Å². The van der Waals surface area contributed by atoms with Gasteiger partial charge in [0.25, 0.3) is 0 Å². The van der Waals surface area contributed by atoms with Crippen molar-refractivity contribution in [1.82, 2.24) is 10.2 Å². The lowest BCUT2D eigenvalue weighted by molar-refractivity contribution is 0.104. The third-order valence-corrected chi connectivity index (χ3v) is 6.60. The molecular formula is C17H30N2O. The molecular weight excluding hydrogens is 248 g/mol. The van der Waals surface area contributed by atoms with Crippen LogP contribution in [0.4, 0.5) is 0 Å². The summed E-state index contributed by atoms with van der Waals surface area (Å²) in [6.07, 6.45) is 12.2. The van der Waals surface area contributed by atoms with Crippen LogP contribution in [0.25, 0.3) is 0 Å². The van der Waals surface area contributed by atoms with Crippen LogP contribution in [0, 0.1) is 11.8 Å². The molecule has 114 valence electrons. The molecule has 4 unspecified atom stereocenters. The molecule has 0 radical (unpaired) electrons. The molecule has 2 bridgehead atoms. The molecule has 4 atom stereocenters. The summed E-state index contributed by atoms with van der Waals surface area (Å²) in [6, 6.07) is 1.62. The number of rotatable bonds is 6. The van der Waals surface area contributed by atoms with Crippen LogP contribution in [0.1, 0.15) is 57.8 Å². The lowest BCUT2D eigenvalue weighted by Crippen LogP contribution is -2.53. The summed E-state index contributed by atoms with van der Waals surface area (Å²) in [5, 5.41) is 13.8. The van der Waals surface area contributed by atoms with Gasteiger partial charge in [-0.25, -0.2) is 0 Å². The van der Waals surface area contributed by atoms with Crippen LogP contribution >= 0.6 is 0 Å². The molecule has 3 saturated carbocycles. The van der Waals surface area contributed by atoms with Crippen molar-refractivity contribution in [1.29, 1.82) is 0 Å². The zero-order valence-corrected chi connectivity index (χ0v) is 12.7. The van der Waals surface area contributed by atoms with E-state index < -0.39 is 0 Å². The number of hydrogen-bond acceptors (Lipinski definition) is 3. The first-order valence-corrected chi connectivity index (χ1v) is 8.92. The fourth-order valence-corrected chi connectivity index (χ4v) is 5.27. The van der Waals surface area contributed by atoms with Gasteiger partial charge in [0.15, 0.2) is 0 Å². The van der Waals surface area contributed by atoms with E-state index in [-0.39, 0.29) is 5.54 Å². The summed E-state index contributed by atoms with van der Waals surface area (Å²) >= 11 is 0. The molecule has 0 aromatic heterocycles. The van der Waals surface area contributed by atoms with Gasteiger partial charge < -0.3 is 15.3 Å². The molecule has 2 N–H and O–H groups in total. The molecule has 4 rings (SSSR count). The molecule has 3 nitrogen and oxygen atoms in total. The molecule has 20 heavy (non-hydrogen) atoms. The van der Waals surface area contributed by atoms with Gasteiger partial charge in [-0.3, -0.25) is 0 Å². The van der Waals surface area contributed by atoms with Gasteiger partial charge in [0.05, 0.1) is 6.61 Å². The third kappa shape index (κ3) is 2.42. The standard InChI is InChI=1S/C17H30N2O/c20-12-17(18-15-4-5-15)8-1-2-14(17)7-9-19-11-13-3-6-16(19)10-13/h13-16,18,20H,1-12H2. The van der Waals surface area contributed by atoms with E-state index in [0.717, 1.165) is 12.0 Å². The van der Waals surface area contributed by atoms with Crippen molar-refractivity contribution >= 4 is 0 Å². The van der Waals surface area contributed by atoms with E-state index >= 15 is 0 Å². The Morgan fingerprint density at radius 1 is 1.15 bits per heavy atom. The Labute approximate surface area is 123 Å². The molecule has 1 heterocycles. The number of hydrogen-bond donors (Lipinski definition) is 2. The van der Waals surface area contributed by atoms with E-state index in [1.54, 1.807) is 0 Å². The highest BCUT2D eigenvalue weighted by Crippen LogP contribution is 2.42. The number of nitrogens with one attached hydrogen (secondary N) is 1. The second-order valence-electron chi connectivity index (χ2n) is 7.94. The van der Waals surface area contributed by atoms with Crippen molar-refractivity contribution in [3.05, 3.63) is 0 Å². The molecule has 0 aromatic carbocycles. The molecule has 1 aliphatic heterocycles. The summed E-state index contributed by atoms with van der Waals surface area (Å²) < 4.78 is 0. The Hall–Kier alpha value is -0.120. The van der Waals surface area contributed by atoms with Gasteiger partial charge in [0.1, 0.15) is 0 Å². The Kier molecular flexibility index (Phi) is 3.56. The van der Waals surface area contributed by atoms with E-state index in [1.807, 2.05) is 0 Å². The number of aliphatic hydroxyl groups excluding tert-OH is 1. The fraction of sp³-hybridized carbons (Fsp3) is 1.00. The van der Waals surface area contributed by atoms with Gasteiger partial charge in [-0.05, 0) is 69.7 Å². The Morgan fingerprint density at radius 3 is 2.70 bits per heavy atom. The number of fused-ring (bicyclic) bond motifs is 2. The average Bonchev–Trinajstić information content (AvgIpc) is 2.90. The van der Waals surface area contributed by atoms with Crippen molar-refractivity contribution in [2.75, 3.05) is 19.7 Å². The second-order valence-corrected chi connectivity index (χ2v) is 7.94. The van der Waals surface area contributed by atoms with E-state index in [4.69, 9.17) is 0 Å². The van der Waals surface area contributed by atoms with Crippen LogP contribution in [0.3, 0.4) is 0 Å². The molecule has 4 aliphatic rings. The van der Waals surface area contributed by atoms with Crippen LogP contribution in [0.15, 0.2) is 0 Å². The fourth-order valence-electron chi connectivity index (χ4n) is 5.27. The first kappa shape index (κ1) is 13.5. The monoisotopic (exact) mass is 278 g/mol. The zero-order valence-electron chi connectivity index (χ0n) is 12.7. The smallest absolute Gasteiger partial charge is 0.0616 e. The lowest BCUT2D eigenvalue weighted by Gasteiger charge is -2.37. The molecule has 3 aliphatic carbocycles. The number of likely N-dealkylation sites (tertiary alicyclic amines) is 1. The SMILES string of the molecule is OCC1(NC2CC2)CCCC1CCN1CC2CCC1C2. The predicted octanol–water partition coefficient (Wildman–Crippen LogP) is 2.14. The minimum atomic E-state index is 0.0694. The maximum absolute atomic E-state index is 9.98. The highest BCUT2D eigenvalue weighted by atomic mass is 16.3. The maximum Gasteiger partial charge on any atom is 0.0616 e. The highest BCUT2D eigenvalue weighted by Gasteiger charge is 2.45. The molecule has 3 heteroatoms. The van der Waals surface area contributed by atoms with Crippen molar-refractivity contribution in [3.8, 4) is 0 Å². The van der Waals surface area contributed by atoms with Crippen LogP contribution in [-0.4, -0.2) is 47.3 Å². The summed E-state index contributed by atoms with van der Waals surface area (Å²) in [5.74, 6) is 1.71. The predicted molar refractivity (Wildman–Crippen MR) is 80.6 cm³/mol. The van der Waals surface area contributed by atoms with Gasteiger partial charge in [0, 0.05) is 24.2 Å². The van der Waals surface area contributed by atoms with Gasteiger partial charge >= 0.3 is 0 Å². The van der Waals surface area contributed by atoms with Crippen molar-refractivity contribution in [2.24, 2.45) is 11.8 Å². The Bertz CT molecular complexity index is 357. The largest absolute Gasteiger partial charge is 0.394 e. The Balaban J connectivity index is 1.34. The van der Waals surface area contributed by atoms with E-state index in [0.29, 0.717) is 18.6 Å². The number of nitrogens with zero attached hydrogens (tertiary/aromatic N) is 1. The second kappa shape index (κ2) is 5.26. The van der Waals surface area contributed by atoms with Gasteiger partial charge in [0.2, 0.25) is 0 Å².